The summed E-state index contributed by atoms with van der Waals surface area (Å²) >= 11 is 0. The molecule has 2 unspecified atom stereocenters. The normalized spacial score (nSPS) is 27.2. The van der Waals surface area contributed by atoms with Crippen LogP contribution in [0.5, 0.6) is 0 Å². The second kappa shape index (κ2) is 7.11. The van der Waals surface area contributed by atoms with Gasteiger partial charge in [-0.1, -0.05) is 13.8 Å². The zero-order valence-corrected chi connectivity index (χ0v) is 13.0. The fourth-order valence-electron chi connectivity index (χ4n) is 3.43. The van der Waals surface area contributed by atoms with Gasteiger partial charge in [-0.25, -0.2) is 9.59 Å². The molecule has 21 heavy (non-hydrogen) atoms. The van der Waals surface area contributed by atoms with Crippen LogP contribution in [0.15, 0.2) is 0 Å². The summed E-state index contributed by atoms with van der Waals surface area (Å²) < 4.78 is 0. The molecular weight excluding hydrogens is 270 g/mol. The number of nitrogens with zero attached hydrogens (tertiary/aromatic N) is 1. The fraction of sp³-hybridized carbons (Fsp3) is 0.867. The fourth-order valence-corrected chi connectivity index (χ4v) is 3.43. The van der Waals surface area contributed by atoms with E-state index in [1.165, 1.54) is 19.4 Å². The van der Waals surface area contributed by atoms with Gasteiger partial charge < -0.3 is 20.6 Å². The minimum absolute atomic E-state index is 0.165. The first-order valence-electron chi connectivity index (χ1n) is 7.99. The van der Waals surface area contributed by atoms with Crippen molar-refractivity contribution in [2.45, 2.75) is 64.1 Å². The van der Waals surface area contributed by atoms with Crippen molar-refractivity contribution in [3.05, 3.63) is 0 Å². The van der Waals surface area contributed by atoms with Gasteiger partial charge >= 0.3 is 12.0 Å². The third-order valence-corrected chi connectivity index (χ3v) is 4.47. The molecule has 2 aliphatic heterocycles. The zero-order chi connectivity index (χ0) is 15.4. The largest absolute Gasteiger partial charge is 0.480 e. The van der Waals surface area contributed by atoms with Crippen molar-refractivity contribution in [2.75, 3.05) is 13.1 Å². The Morgan fingerprint density at radius 1 is 1.29 bits per heavy atom. The number of carbonyl (C=O) groups is 2. The first-order chi connectivity index (χ1) is 9.95. The Morgan fingerprint density at radius 2 is 2.05 bits per heavy atom. The van der Waals surface area contributed by atoms with Gasteiger partial charge in [0.25, 0.3) is 0 Å². The molecule has 3 atom stereocenters. The first kappa shape index (κ1) is 16.1. The number of nitrogens with one attached hydrogen (secondary N) is 2. The van der Waals surface area contributed by atoms with Gasteiger partial charge in [0.05, 0.1) is 0 Å². The van der Waals surface area contributed by atoms with E-state index in [-0.39, 0.29) is 18.0 Å². The van der Waals surface area contributed by atoms with Crippen molar-refractivity contribution in [1.29, 1.82) is 0 Å². The summed E-state index contributed by atoms with van der Waals surface area (Å²) in [6.45, 7) is 6.11. The molecule has 0 spiro atoms. The summed E-state index contributed by atoms with van der Waals surface area (Å²) in [5.41, 5.74) is 0. The smallest absolute Gasteiger partial charge is 0.326 e. The van der Waals surface area contributed by atoms with Gasteiger partial charge in [-0.15, -0.1) is 0 Å². The zero-order valence-electron chi connectivity index (χ0n) is 13.0. The lowest BCUT2D eigenvalue weighted by Crippen LogP contribution is -2.53. The standard InChI is InChI=1S/C15H27N3O3/c1-10(2)8-13(14(19)20)17-15(21)16-11-5-7-18-6-3-4-12(18)9-11/h10-13H,3-9H2,1-2H3,(H,19,20)(H2,16,17,21)/t11?,12?,13-/m0/s1. The highest BCUT2D eigenvalue weighted by atomic mass is 16.4. The number of carboxylic acids is 1. The SMILES string of the molecule is CC(C)C[C@H](NC(=O)NC1CCN2CCCC2C1)C(=O)O. The summed E-state index contributed by atoms with van der Waals surface area (Å²) in [4.78, 5) is 25.7. The molecule has 0 radical (unpaired) electrons. The molecule has 0 aliphatic carbocycles. The third kappa shape index (κ3) is 4.59. The Hall–Kier alpha value is -1.30. The van der Waals surface area contributed by atoms with Gasteiger partial charge in [-0.05, 0) is 44.6 Å². The molecule has 120 valence electrons. The van der Waals surface area contributed by atoms with Crippen molar-refractivity contribution in [2.24, 2.45) is 5.92 Å². The van der Waals surface area contributed by atoms with Crippen LogP contribution < -0.4 is 10.6 Å². The van der Waals surface area contributed by atoms with Crippen molar-refractivity contribution in [3.8, 4) is 0 Å². The van der Waals surface area contributed by atoms with E-state index in [1.807, 2.05) is 13.8 Å². The molecule has 0 aromatic rings. The molecule has 0 bridgehead atoms. The third-order valence-electron chi connectivity index (χ3n) is 4.47. The van der Waals surface area contributed by atoms with E-state index in [4.69, 9.17) is 5.11 Å². The molecule has 0 saturated carbocycles. The molecule has 3 N–H and O–H groups in total. The van der Waals surface area contributed by atoms with E-state index in [9.17, 15) is 9.59 Å². The maximum atomic E-state index is 12.0. The Morgan fingerprint density at radius 3 is 2.71 bits per heavy atom. The number of carboxylic acid groups (broad SMARTS) is 1. The van der Waals surface area contributed by atoms with Crippen LogP contribution in [0, 0.1) is 5.92 Å². The average Bonchev–Trinajstić information content (AvgIpc) is 2.84. The maximum absolute atomic E-state index is 12.0. The predicted octanol–water partition coefficient (Wildman–Crippen LogP) is 1.41. The van der Waals surface area contributed by atoms with E-state index < -0.39 is 12.0 Å². The number of piperidine rings is 1. The molecule has 2 aliphatic rings. The van der Waals surface area contributed by atoms with Crippen molar-refractivity contribution < 1.29 is 14.7 Å². The Kier molecular flexibility index (Phi) is 5.45. The summed E-state index contributed by atoms with van der Waals surface area (Å²) in [6, 6.07) is -0.399. The highest BCUT2D eigenvalue weighted by Gasteiger charge is 2.32. The van der Waals surface area contributed by atoms with E-state index >= 15 is 0 Å². The van der Waals surface area contributed by atoms with E-state index in [2.05, 4.69) is 15.5 Å². The van der Waals surface area contributed by atoms with Crippen molar-refractivity contribution >= 4 is 12.0 Å². The Bertz CT molecular complexity index is 386. The Balaban J connectivity index is 1.79. The molecule has 0 aromatic heterocycles. The second-order valence-electron chi connectivity index (χ2n) is 6.69. The number of urea groups is 1. The Labute approximate surface area is 126 Å². The van der Waals surface area contributed by atoms with Gasteiger partial charge in [-0.2, -0.15) is 0 Å². The van der Waals surface area contributed by atoms with Crippen LogP contribution in [-0.2, 0) is 4.79 Å². The monoisotopic (exact) mass is 297 g/mol. The van der Waals surface area contributed by atoms with Gasteiger partial charge in [0.2, 0.25) is 0 Å². The molecular formula is C15H27N3O3. The van der Waals surface area contributed by atoms with Crippen molar-refractivity contribution in [3.63, 3.8) is 0 Å². The summed E-state index contributed by atoms with van der Waals surface area (Å²) in [7, 11) is 0. The molecule has 2 fully saturated rings. The van der Waals surface area contributed by atoms with Crippen LogP contribution in [0.1, 0.15) is 46.0 Å². The van der Waals surface area contributed by atoms with Crippen LogP contribution in [-0.4, -0.2) is 53.2 Å². The molecule has 2 heterocycles. The van der Waals surface area contributed by atoms with Crippen LogP contribution in [0.25, 0.3) is 0 Å². The molecule has 6 heteroatoms. The molecule has 2 saturated heterocycles. The van der Waals surface area contributed by atoms with Gasteiger partial charge in [0, 0.05) is 18.6 Å². The van der Waals surface area contributed by atoms with E-state index in [0.29, 0.717) is 12.5 Å². The average molecular weight is 297 g/mol. The number of carbonyl (C=O) groups excluding carboxylic acids is 1. The quantitative estimate of drug-likeness (QED) is 0.716. The summed E-state index contributed by atoms with van der Waals surface area (Å²) in [6.07, 6.45) is 4.84. The summed E-state index contributed by atoms with van der Waals surface area (Å²) in [5.74, 6) is -0.738. The number of amides is 2. The number of hydrogen-bond donors (Lipinski definition) is 3. The van der Waals surface area contributed by atoms with Gasteiger partial charge in [-0.3, -0.25) is 0 Å². The number of hydrogen-bond acceptors (Lipinski definition) is 3. The lowest BCUT2D eigenvalue weighted by atomic mass is 9.98. The van der Waals surface area contributed by atoms with Gasteiger partial charge in [0.15, 0.2) is 0 Å². The maximum Gasteiger partial charge on any atom is 0.326 e. The van der Waals surface area contributed by atoms with Crippen LogP contribution in [0.4, 0.5) is 4.79 Å². The van der Waals surface area contributed by atoms with Crippen LogP contribution >= 0.6 is 0 Å². The minimum Gasteiger partial charge on any atom is -0.480 e. The highest BCUT2D eigenvalue weighted by molar-refractivity contribution is 5.82. The number of fused-ring (bicyclic) bond motifs is 1. The number of aliphatic carboxylic acids is 1. The lowest BCUT2D eigenvalue weighted by Gasteiger charge is -2.35. The molecule has 2 rings (SSSR count). The first-order valence-corrected chi connectivity index (χ1v) is 7.99. The van der Waals surface area contributed by atoms with Gasteiger partial charge in [0.1, 0.15) is 6.04 Å². The molecule has 6 nitrogen and oxygen atoms in total. The molecule has 2 amide bonds. The van der Waals surface area contributed by atoms with E-state index in [1.54, 1.807) is 0 Å². The topological polar surface area (TPSA) is 81.7 Å². The van der Waals surface area contributed by atoms with Crippen molar-refractivity contribution in [1.82, 2.24) is 15.5 Å². The van der Waals surface area contributed by atoms with Crippen LogP contribution in [0.2, 0.25) is 0 Å². The minimum atomic E-state index is -0.968. The number of rotatable bonds is 5. The van der Waals surface area contributed by atoms with E-state index in [0.717, 1.165) is 19.4 Å². The second-order valence-corrected chi connectivity index (χ2v) is 6.69. The summed E-state index contributed by atoms with van der Waals surface area (Å²) in [5, 5.41) is 14.7. The lowest BCUT2D eigenvalue weighted by molar-refractivity contribution is -0.139. The highest BCUT2D eigenvalue weighted by Crippen LogP contribution is 2.26. The molecule has 0 aromatic carbocycles. The predicted molar refractivity (Wildman–Crippen MR) is 80.2 cm³/mol. The van der Waals surface area contributed by atoms with Crippen LogP contribution in [0.3, 0.4) is 0 Å².